The van der Waals surface area contributed by atoms with Crippen molar-refractivity contribution >= 4 is 22.6 Å². The molecule has 0 radical (unpaired) electrons. The Morgan fingerprint density at radius 2 is 1.85 bits per heavy atom. The molecule has 176 valence electrons. The molecule has 0 fully saturated rings. The van der Waals surface area contributed by atoms with E-state index < -0.39 is 5.97 Å². The van der Waals surface area contributed by atoms with Gasteiger partial charge in [-0.25, -0.2) is 4.79 Å². The van der Waals surface area contributed by atoms with Crippen LogP contribution in [0.2, 0.25) is 0 Å². The molecule has 0 unspecified atom stereocenters. The molecule has 0 saturated carbocycles. The molecule has 0 spiro atoms. The summed E-state index contributed by atoms with van der Waals surface area (Å²) in [7, 11) is 0. The fraction of sp³-hybridized carbons (Fsp3) is 0.286. The van der Waals surface area contributed by atoms with Crippen molar-refractivity contribution in [1.82, 2.24) is 0 Å². The second kappa shape index (κ2) is 10.1. The maximum atomic E-state index is 12.9. The first-order valence-corrected chi connectivity index (χ1v) is 11.6. The summed E-state index contributed by atoms with van der Waals surface area (Å²) in [5.41, 5.74) is 6.85. The monoisotopic (exact) mass is 458 g/mol. The lowest BCUT2D eigenvalue weighted by atomic mass is 9.89. The molecular formula is C28H30N2O4. The zero-order valence-corrected chi connectivity index (χ0v) is 20.1. The fourth-order valence-electron chi connectivity index (χ4n) is 4.30. The summed E-state index contributed by atoms with van der Waals surface area (Å²) >= 11 is 0. The topological polar surface area (TPSA) is 84.1 Å². The standard InChI is InChI=1S/C28H30N2O4/c1-5-29-23-15-25-21(13-17(23)3)27(19-9-7-8-10-20(19)28(32)33-12-11-31)22-14-18(4)24(30-6-2)16-26(22)34-25/h7-10,13-16,29,31H,5-6,11-12H2,1-4H3. The van der Waals surface area contributed by atoms with E-state index in [4.69, 9.17) is 14.3 Å². The van der Waals surface area contributed by atoms with Crippen LogP contribution in [0.15, 0.2) is 57.9 Å². The highest BCUT2D eigenvalue weighted by Crippen LogP contribution is 2.43. The van der Waals surface area contributed by atoms with Gasteiger partial charge >= 0.3 is 5.97 Å². The predicted octanol–water partition coefficient (Wildman–Crippen LogP) is 5.32. The van der Waals surface area contributed by atoms with E-state index in [0.29, 0.717) is 23.5 Å². The summed E-state index contributed by atoms with van der Waals surface area (Å²) in [6.45, 7) is 9.35. The molecule has 34 heavy (non-hydrogen) atoms. The summed E-state index contributed by atoms with van der Waals surface area (Å²) < 4.78 is 11.7. The molecule has 2 aromatic carbocycles. The van der Waals surface area contributed by atoms with Crippen molar-refractivity contribution in [2.45, 2.75) is 27.7 Å². The fourth-order valence-corrected chi connectivity index (χ4v) is 4.30. The number of carbonyl (C=O) groups excluding carboxylic acids is 1. The summed E-state index contributed by atoms with van der Waals surface area (Å²) in [4.78, 5) is 17.5. The number of hydrogen-bond acceptors (Lipinski definition) is 6. The molecular weight excluding hydrogens is 428 g/mol. The van der Waals surface area contributed by atoms with Crippen molar-refractivity contribution in [2.75, 3.05) is 31.6 Å². The van der Waals surface area contributed by atoms with E-state index in [1.165, 1.54) is 0 Å². The summed E-state index contributed by atoms with van der Waals surface area (Å²) in [6.07, 6.45) is 0. The first-order chi connectivity index (χ1) is 16.5. The number of nitrogens with one attached hydrogen (secondary N) is 1. The quantitative estimate of drug-likeness (QED) is 0.289. The molecule has 0 amide bonds. The van der Waals surface area contributed by atoms with E-state index in [-0.39, 0.29) is 13.2 Å². The second-order valence-corrected chi connectivity index (χ2v) is 8.18. The van der Waals surface area contributed by atoms with E-state index in [1.54, 1.807) is 6.07 Å². The molecule has 0 bridgehead atoms. The third kappa shape index (κ3) is 4.41. The smallest absolute Gasteiger partial charge is 0.338 e. The second-order valence-electron chi connectivity index (χ2n) is 8.18. The number of carbonyl (C=O) groups is 1. The number of hydrogen-bond donors (Lipinski definition) is 2. The Morgan fingerprint density at radius 1 is 1.06 bits per heavy atom. The molecule has 2 aliphatic rings. The van der Waals surface area contributed by atoms with Crippen molar-refractivity contribution in [3.63, 3.8) is 0 Å². The molecule has 1 aliphatic heterocycles. The lowest BCUT2D eigenvalue weighted by Gasteiger charge is -2.19. The highest BCUT2D eigenvalue weighted by atomic mass is 16.5. The van der Waals surface area contributed by atoms with Gasteiger partial charge in [-0.1, -0.05) is 18.2 Å². The minimum Gasteiger partial charge on any atom is -0.460 e. The Labute approximate surface area is 199 Å². The van der Waals surface area contributed by atoms with Crippen molar-refractivity contribution < 1.29 is 19.1 Å². The van der Waals surface area contributed by atoms with Crippen LogP contribution in [-0.4, -0.2) is 37.4 Å². The largest absolute Gasteiger partial charge is 0.460 e. The van der Waals surface area contributed by atoms with Gasteiger partial charge in [0, 0.05) is 47.4 Å². The maximum Gasteiger partial charge on any atom is 0.338 e. The number of aliphatic hydroxyl groups is 1. The molecule has 2 aromatic rings. The van der Waals surface area contributed by atoms with Gasteiger partial charge in [-0.05, 0) is 62.6 Å². The first kappa shape index (κ1) is 23.5. The minimum absolute atomic E-state index is 0.0507. The van der Waals surface area contributed by atoms with Crippen molar-refractivity contribution in [3.05, 3.63) is 70.6 Å². The molecule has 2 N–H and O–H groups in total. The SMILES string of the molecule is CCN=c1cc2oc3cc(NCC)c(C)cc3c(-c3ccccc3C(=O)OCCO)c-2cc1C. The van der Waals surface area contributed by atoms with E-state index in [2.05, 4.69) is 36.3 Å². The van der Waals surface area contributed by atoms with Gasteiger partial charge in [-0.3, -0.25) is 4.99 Å². The lowest BCUT2D eigenvalue weighted by Crippen LogP contribution is -2.11. The molecule has 4 rings (SSSR count). The van der Waals surface area contributed by atoms with Crippen molar-refractivity contribution in [1.29, 1.82) is 0 Å². The molecule has 0 atom stereocenters. The van der Waals surface area contributed by atoms with Gasteiger partial charge in [0.25, 0.3) is 0 Å². The molecule has 6 nitrogen and oxygen atoms in total. The Morgan fingerprint density at radius 3 is 2.59 bits per heavy atom. The number of rotatable bonds is 7. The maximum absolute atomic E-state index is 12.9. The van der Waals surface area contributed by atoms with Gasteiger partial charge in [0.2, 0.25) is 0 Å². The number of fused-ring (bicyclic) bond motifs is 2. The van der Waals surface area contributed by atoms with Gasteiger partial charge < -0.3 is 19.6 Å². The van der Waals surface area contributed by atoms with Gasteiger partial charge in [-0.15, -0.1) is 0 Å². The highest BCUT2D eigenvalue weighted by molar-refractivity contribution is 6.08. The van der Waals surface area contributed by atoms with Crippen LogP contribution < -0.4 is 10.7 Å². The number of esters is 1. The molecule has 0 saturated heterocycles. The van der Waals surface area contributed by atoms with Gasteiger partial charge in [0.15, 0.2) is 0 Å². The van der Waals surface area contributed by atoms with Crippen LogP contribution in [0.5, 0.6) is 0 Å². The third-order valence-corrected chi connectivity index (χ3v) is 5.82. The van der Waals surface area contributed by atoms with Gasteiger partial charge in [0.05, 0.1) is 17.5 Å². The predicted molar refractivity (Wildman–Crippen MR) is 135 cm³/mol. The third-order valence-electron chi connectivity index (χ3n) is 5.82. The van der Waals surface area contributed by atoms with Crippen molar-refractivity contribution in [3.8, 4) is 22.5 Å². The van der Waals surface area contributed by atoms with Crippen molar-refractivity contribution in [2.24, 2.45) is 4.99 Å². The number of aryl methyl sites for hydroxylation is 2. The summed E-state index contributed by atoms with van der Waals surface area (Å²) in [5, 5.41) is 14.3. The zero-order valence-electron chi connectivity index (χ0n) is 20.1. The van der Waals surface area contributed by atoms with Crippen LogP contribution in [-0.2, 0) is 4.74 Å². The van der Waals surface area contributed by atoms with Crippen LogP contribution in [0.1, 0.15) is 35.3 Å². The van der Waals surface area contributed by atoms with E-state index in [0.717, 1.165) is 50.8 Å². The Kier molecular flexibility index (Phi) is 6.98. The highest BCUT2D eigenvalue weighted by Gasteiger charge is 2.23. The van der Waals surface area contributed by atoms with Crippen LogP contribution in [0.25, 0.3) is 33.4 Å². The number of anilines is 1. The molecule has 1 aliphatic carbocycles. The Hall–Kier alpha value is -3.64. The molecule has 0 aromatic heterocycles. The first-order valence-electron chi connectivity index (χ1n) is 11.6. The van der Waals surface area contributed by atoms with E-state index in [1.807, 2.05) is 44.2 Å². The number of benzene rings is 3. The lowest BCUT2D eigenvalue weighted by molar-refractivity contribution is 0.0434. The van der Waals surface area contributed by atoms with Crippen LogP contribution in [0.4, 0.5) is 5.69 Å². The summed E-state index contributed by atoms with van der Waals surface area (Å²) in [5.74, 6) is 0.229. The minimum atomic E-state index is -0.470. The Balaban J connectivity index is 2.11. The average molecular weight is 459 g/mol. The zero-order chi connectivity index (χ0) is 24.2. The normalized spacial score (nSPS) is 11.9. The summed E-state index contributed by atoms with van der Waals surface area (Å²) in [6, 6.07) is 15.6. The van der Waals surface area contributed by atoms with Crippen LogP contribution in [0.3, 0.4) is 0 Å². The van der Waals surface area contributed by atoms with Gasteiger partial charge in [0.1, 0.15) is 18.0 Å². The number of ether oxygens (including phenoxy) is 1. The average Bonchev–Trinajstić information content (AvgIpc) is 2.83. The number of aliphatic hydroxyl groups excluding tert-OH is 1. The van der Waals surface area contributed by atoms with E-state index in [9.17, 15) is 4.79 Å². The van der Waals surface area contributed by atoms with Crippen LogP contribution >= 0.6 is 0 Å². The molecule has 6 heteroatoms. The van der Waals surface area contributed by atoms with Gasteiger partial charge in [-0.2, -0.15) is 0 Å². The number of nitrogens with zero attached hydrogens (tertiary/aromatic N) is 1. The van der Waals surface area contributed by atoms with E-state index >= 15 is 0 Å². The Bertz CT molecular complexity index is 1390. The molecule has 1 heterocycles. The van der Waals surface area contributed by atoms with Crippen LogP contribution in [0, 0.1) is 13.8 Å².